The van der Waals surface area contributed by atoms with Crippen LogP contribution in [-0.4, -0.2) is 36.0 Å². The number of carbonyl (C=O) groups is 2. The van der Waals surface area contributed by atoms with Gasteiger partial charge in [0.25, 0.3) is 5.91 Å². The molecule has 1 atom stereocenters. The third kappa shape index (κ3) is 3.33. The number of hydrogen-bond donors (Lipinski definition) is 0. The van der Waals surface area contributed by atoms with E-state index in [1.165, 1.54) is 0 Å². The van der Waals surface area contributed by atoms with Gasteiger partial charge in [-0.25, -0.2) is 4.79 Å². The van der Waals surface area contributed by atoms with E-state index in [4.69, 9.17) is 4.74 Å². The number of hydrogen-bond acceptors (Lipinski definition) is 3. The molecule has 1 fully saturated rings. The fourth-order valence-corrected chi connectivity index (χ4v) is 3.24. The van der Waals surface area contributed by atoms with E-state index >= 15 is 0 Å². The number of likely N-dealkylation sites (tertiary alicyclic amines) is 1. The number of ether oxygens (including phenoxy) is 1. The fraction of sp³-hybridized carbons (Fsp3) is 0.429. The van der Waals surface area contributed by atoms with Crippen molar-refractivity contribution in [2.75, 3.05) is 13.2 Å². The first-order valence-corrected chi connectivity index (χ1v) is 8.34. The maximum absolute atomic E-state index is 12.6. The molecule has 0 aliphatic carbocycles. The lowest BCUT2D eigenvalue weighted by molar-refractivity contribution is -0.147. The molecule has 1 aromatic rings. The van der Waals surface area contributed by atoms with Crippen LogP contribution in [0.1, 0.15) is 30.1 Å². The summed E-state index contributed by atoms with van der Waals surface area (Å²) in [5, 5.41) is 0. The summed E-state index contributed by atoms with van der Waals surface area (Å²) in [4.78, 5) is 26.2. The molecule has 1 aromatic carbocycles. The Kier molecular flexibility index (Phi) is 5.42. The van der Waals surface area contributed by atoms with Crippen molar-refractivity contribution in [2.24, 2.45) is 0 Å². The lowest BCUT2D eigenvalue weighted by atomic mass is 10.1. The SMILES string of the molecule is CCOC(=O)C1CCCN1C(=O)c1cc(Br)ccc1I. The highest BCUT2D eigenvalue weighted by molar-refractivity contribution is 14.1. The van der Waals surface area contributed by atoms with Crippen LogP contribution in [0.25, 0.3) is 0 Å². The Morgan fingerprint density at radius 3 is 2.95 bits per heavy atom. The number of rotatable bonds is 3. The zero-order valence-electron chi connectivity index (χ0n) is 11.1. The van der Waals surface area contributed by atoms with E-state index in [2.05, 4.69) is 38.5 Å². The molecule has 1 aliphatic heterocycles. The molecule has 0 aromatic heterocycles. The van der Waals surface area contributed by atoms with Gasteiger partial charge in [0.2, 0.25) is 0 Å². The molecule has 0 bridgehead atoms. The molecule has 1 heterocycles. The molecule has 4 nitrogen and oxygen atoms in total. The lowest BCUT2D eigenvalue weighted by Crippen LogP contribution is -2.41. The Labute approximate surface area is 140 Å². The minimum Gasteiger partial charge on any atom is -0.464 e. The van der Waals surface area contributed by atoms with Crippen LogP contribution < -0.4 is 0 Å². The van der Waals surface area contributed by atoms with Crippen LogP contribution in [0.5, 0.6) is 0 Å². The Bertz CT molecular complexity index is 535. The van der Waals surface area contributed by atoms with Crippen LogP contribution >= 0.6 is 38.5 Å². The standard InChI is InChI=1S/C14H15BrINO3/c1-2-20-14(19)12-4-3-7-17(12)13(18)10-8-9(15)5-6-11(10)16/h5-6,8,12H,2-4,7H2,1H3. The molecule has 1 saturated heterocycles. The highest BCUT2D eigenvalue weighted by Crippen LogP contribution is 2.25. The minimum absolute atomic E-state index is 0.105. The molecule has 0 saturated carbocycles. The Morgan fingerprint density at radius 1 is 1.50 bits per heavy atom. The van der Waals surface area contributed by atoms with Crippen molar-refractivity contribution < 1.29 is 14.3 Å². The van der Waals surface area contributed by atoms with Gasteiger partial charge in [0.1, 0.15) is 6.04 Å². The Balaban J connectivity index is 2.23. The van der Waals surface area contributed by atoms with Gasteiger partial charge in [0.15, 0.2) is 0 Å². The number of esters is 1. The second-order valence-corrected chi connectivity index (χ2v) is 6.61. The predicted octanol–water partition coefficient (Wildman–Crippen LogP) is 3.22. The summed E-state index contributed by atoms with van der Waals surface area (Å²) >= 11 is 5.51. The van der Waals surface area contributed by atoms with E-state index < -0.39 is 6.04 Å². The molecule has 2 rings (SSSR count). The van der Waals surface area contributed by atoms with Gasteiger partial charge in [-0.2, -0.15) is 0 Å². The topological polar surface area (TPSA) is 46.6 Å². The van der Waals surface area contributed by atoms with E-state index in [-0.39, 0.29) is 11.9 Å². The van der Waals surface area contributed by atoms with E-state index in [0.717, 1.165) is 14.5 Å². The van der Waals surface area contributed by atoms with Gasteiger partial charge in [0, 0.05) is 14.6 Å². The van der Waals surface area contributed by atoms with Gasteiger partial charge < -0.3 is 9.64 Å². The van der Waals surface area contributed by atoms with Crippen LogP contribution in [0.2, 0.25) is 0 Å². The van der Waals surface area contributed by atoms with Gasteiger partial charge >= 0.3 is 5.97 Å². The highest BCUT2D eigenvalue weighted by atomic mass is 127. The van der Waals surface area contributed by atoms with Gasteiger partial charge in [-0.1, -0.05) is 15.9 Å². The molecule has 1 unspecified atom stereocenters. The first-order valence-electron chi connectivity index (χ1n) is 6.47. The second-order valence-electron chi connectivity index (χ2n) is 4.53. The summed E-state index contributed by atoms with van der Waals surface area (Å²) in [5.74, 6) is -0.408. The summed E-state index contributed by atoms with van der Waals surface area (Å²) in [6.07, 6.45) is 1.51. The van der Waals surface area contributed by atoms with Crippen LogP contribution in [-0.2, 0) is 9.53 Å². The molecule has 1 amide bonds. The molecule has 1 aliphatic rings. The smallest absolute Gasteiger partial charge is 0.328 e. The number of amides is 1. The number of carbonyl (C=O) groups excluding carboxylic acids is 2. The van der Waals surface area contributed by atoms with Crippen molar-refractivity contribution >= 4 is 50.4 Å². The molecule has 6 heteroatoms. The van der Waals surface area contributed by atoms with Gasteiger partial charge in [-0.05, 0) is 60.6 Å². The van der Waals surface area contributed by atoms with Crippen LogP contribution in [0.15, 0.2) is 22.7 Å². The summed E-state index contributed by atoms with van der Waals surface area (Å²) in [6, 6.07) is 5.13. The maximum Gasteiger partial charge on any atom is 0.328 e. The second kappa shape index (κ2) is 6.89. The Hall–Kier alpha value is -0.630. The Morgan fingerprint density at radius 2 is 2.25 bits per heavy atom. The quantitative estimate of drug-likeness (QED) is 0.523. The third-order valence-electron chi connectivity index (χ3n) is 3.23. The molecule has 0 spiro atoms. The summed E-state index contributed by atoms with van der Waals surface area (Å²) in [7, 11) is 0. The average molecular weight is 452 g/mol. The molecule has 108 valence electrons. The summed E-state index contributed by atoms with van der Waals surface area (Å²) in [5.41, 5.74) is 0.621. The van der Waals surface area contributed by atoms with Crippen molar-refractivity contribution in [2.45, 2.75) is 25.8 Å². The molecule has 0 radical (unpaired) electrons. The van der Waals surface area contributed by atoms with Crippen molar-refractivity contribution in [1.29, 1.82) is 0 Å². The van der Waals surface area contributed by atoms with Gasteiger partial charge in [0.05, 0.1) is 12.2 Å². The number of halogens is 2. The zero-order chi connectivity index (χ0) is 14.7. The van der Waals surface area contributed by atoms with Crippen molar-refractivity contribution in [1.82, 2.24) is 4.90 Å². The van der Waals surface area contributed by atoms with Crippen LogP contribution in [0.4, 0.5) is 0 Å². The van der Waals surface area contributed by atoms with E-state index in [1.807, 2.05) is 12.1 Å². The van der Waals surface area contributed by atoms with Crippen molar-refractivity contribution in [3.63, 3.8) is 0 Å². The van der Waals surface area contributed by atoms with Crippen LogP contribution in [0.3, 0.4) is 0 Å². The minimum atomic E-state index is -0.447. The summed E-state index contributed by atoms with van der Waals surface area (Å²) < 4.78 is 6.79. The maximum atomic E-state index is 12.6. The lowest BCUT2D eigenvalue weighted by Gasteiger charge is -2.23. The average Bonchev–Trinajstić information content (AvgIpc) is 2.90. The number of benzene rings is 1. The normalized spacial score (nSPS) is 18.1. The molecule has 0 N–H and O–H groups in total. The molecule has 20 heavy (non-hydrogen) atoms. The van der Waals surface area contributed by atoms with Gasteiger partial charge in [-0.15, -0.1) is 0 Å². The largest absolute Gasteiger partial charge is 0.464 e. The molecular formula is C14H15BrINO3. The fourth-order valence-electron chi connectivity index (χ4n) is 2.31. The third-order valence-corrected chi connectivity index (χ3v) is 4.67. The van der Waals surface area contributed by atoms with Crippen LogP contribution in [0, 0.1) is 3.57 Å². The molecular weight excluding hydrogens is 437 g/mol. The predicted molar refractivity (Wildman–Crippen MR) is 87.6 cm³/mol. The van der Waals surface area contributed by atoms with E-state index in [9.17, 15) is 9.59 Å². The van der Waals surface area contributed by atoms with Crippen molar-refractivity contribution in [3.8, 4) is 0 Å². The number of nitrogens with zero attached hydrogens (tertiary/aromatic N) is 1. The summed E-state index contributed by atoms with van der Waals surface area (Å²) in [6.45, 7) is 2.72. The van der Waals surface area contributed by atoms with Crippen molar-refractivity contribution in [3.05, 3.63) is 31.8 Å². The van der Waals surface area contributed by atoms with E-state index in [1.54, 1.807) is 17.9 Å². The highest BCUT2D eigenvalue weighted by Gasteiger charge is 2.36. The first kappa shape index (κ1) is 15.8. The monoisotopic (exact) mass is 451 g/mol. The first-order chi connectivity index (χ1) is 9.54. The van der Waals surface area contributed by atoms with Gasteiger partial charge in [-0.3, -0.25) is 4.79 Å². The van der Waals surface area contributed by atoms with E-state index in [0.29, 0.717) is 25.1 Å². The zero-order valence-corrected chi connectivity index (χ0v) is 14.8.